The molecule has 0 unspecified atom stereocenters. The highest BCUT2D eigenvalue weighted by Gasteiger charge is 2.29. The molecule has 0 aliphatic rings. The smallest absolute Gasteiger partial charge is 0.261 e. The van der Waals surface area contributed by atoms with Crippen LogP contribution in [0, 0.1) is 0 Å². The van der Waals surface area contributed by atoms with E-state index in [-0.39, 0.29) is 21.9 Å². The summed E-state index contributed by atoms with van der Waals surface area (Å²) in [5.41, 5.74) is 0.895. The van der Waals surface area contributed by atoms with Crippen LogP contribution in [0.1, 0.15) is 42.3 Å². The number of hydrogen-bond acceptors (Lipinski definition) is 4. The van der Waals surface area contributed by atoms with Crippen LogP contribution in [0.15, 0.2) is 71.9 Å². The zero-order valence-corrected chi connectivity index (χ0v) is 17.9. The number of sulfonamides is 1. The van der Waals surface area contributed by atoms with Gasteiger partial charge in [0, 0.05) is 23.0 Å². The lowest BCUT2D eigenvalue weighted by molar-refractivity contribution is 0.103. The summed E-state index contributed by atoms with van der Waals surface area (Å²) >= 11 is 6.46. The van der Waals surface area contributed by atoms with Crippen molar-refractivity contribution in [3.8, 4) is 0 Å². The molecule has 0 saturated carbocycles. The van der Waals surface area contributed by atoms with Gasteiger partial charge in [0.25, 0.3) is 10.0 Å². The van der Waals surface area contributed by atoms with Crippen LogP contribution in [0.25, 0.3) is 0 Å². The highest BCUT2D eigenvalue weighted by atomic mass is 35.5. The summed E-state index contributed by atoms with van der Waals surface area (Å²) in [5.74, 6) is -0.328. The van der Waals surface area contributed by atoms with Crippen molar-refractivity contribution < 1.29 is 13.2 Å². The molecule has 29 heavy (non-hydrogen) atoms. The Labute approximate surface area is 175 Å². The van der Waals surface area contributed by atoms with E-state index in [1.807, 2.05) is 20.8 Å². The maximum atomic E-state index is 13.4. The van der Waals surface area contributed by atoms with Gasteiger partial charge in [-0.3, -0.25) is 14.5 Å². The molecule has 0 radical (unpaired) electrons. The van der Waals surface area contributed by atoms with Crippen LogP contribution in [-0.4, -0.2) is 19.2 Å². The average Bonchev–Trinajstić information content (AvgIpc) is 2.69. The van der Waals surface area contributed by atoms with Crippen LogP contribution in [0.2, 0.25) is 5.02 Å². The fourth-order valence-electron chi connectivity index (χ4n) is 3.08. The van der Waals surface area contributed by atoms with Crippen LogP contribution in [-0.2, 0) is 15.4 Å². The Morgan fingerprint density at radius 1 is 0.966 bits per heavy atom. The molecule has 0 bridgehead atoms. The van der Waals surface area contributed by atoms with E-state index >= 15 is 0 Å². The van der Waals surface area contributed by atoms with Gasteiger partial charge in [0.2, 0.25) is 0 Å². The Bertz CT molecular complexity index is 1140. The SMILES string of the molecule is CC(C)(C)c1c(Cl)ccc(NS(=O)(=O)c2ccccc2)c1C(=O)c1ccncc1. The van der Waals surface area contributed by atoms with Crippen molar-refractivity contribution in [2.75, 3.05) is 4.72 Å². The van der Waals surface area contributed by atoms with Crippen molar-refractivity contribution in [2.45, 2.75) is 31.1 Å². The zero-order chi connectivity index (χ0) is 21.2. The molecule has 0 aliphatic heterocycles. The first-order chi connectivity index (χ1) is 13.6. The molecule has 150 valence electrons. The molecule has 1 aromatic heterocycles. The highest BCUT2D eigenvalue weighted by molar-refractivity contribution is 7.92. The number of aromatic nitrogens is 1. The fourth-order valence-corrected chi connectivity index (χ4v) is 4.62. The summed E-state index contributed by atoms with van der Waals surface area (Å²) in [4.78, 5) is 17.4. The molecule has 0 amide bonds. The minimum atomic E-state index is -3.88. The summed E-state index contributed by atoms with van der Waals surface area (Å²) in [6, 6.07) is 14.3. The lowest BCUT2D eigenvalue weighted by Crippen LogP contribution is -2.22. The van der Waals surface area contributed by atoms with Crippen molar-refractivity contribution in [3.63, 3.8) is 0 Å². The number of ketones is 1. The molecule has 7 heteroatoms. The molecule has 3 aromatic rings. The number of halogens is 1. The van der Waals surface area contributed by atoms with Gasteiger partial charge in [-0.15, -0.1) is 0 Å². The van der Waals surface area contributed by atoms with E-state index in [1.165, 1.54) is 30.6 Å². The number of carbonyl (C=O) groups excluding carboxylic acids is 1. The van der Waals surface area contributed by atoms with Gasteiger partial charge in [0.1, 0.15) is 0 Å². The first-order valence-corrected chi connectivity index (χ1v) is 10.8. The summed E-state index contributed by atoms with van der Waals surface area (Å²) in [5, 5.41) is 0.401. The largest absolute Gasteiger partial charge is 0.289 e. The van der Waals surface area contributed by atoms with E-state index in [0.29, 0.717) is 16.1 Å². The predicted octanol–water partition coefficient (Wildman–Crippen LogP) is 5.06. The van der Waals surface area contributed by atoms with E-state index in [0.717, 1.165) is 0 Å². The number of hydrogen-bond donors (Lipinski definition) is 1. The van der Waals surface area contributed by atoms with Gasteiger partial charge in [-0.05, 0) is 47.4 Å². The molecule has 0 spiro atoms. The van der Waals surface area contributed by atoms with Crippen LogP contribution in [0.4, 0.5) is 5.69 Å². The van der Waals surface area contributed by atoms with Crippen molar-refractivity contribution in [1.29, 1.82) is 0 Å². The van der Waals surface area contributed by atoms with Crippen molar-refractivity contribution >= 4 is 33.1 Å². The molecule has 0 atom stereocenters. The molecule has 0 aliphatic carbocycles. The summed E-state index contributed by atoms with van der Waals surface area (Å²) in [7, 11) is -3.88. The Hall–Kier alpha value is -2.70. The quantitative estimate of drug-likeness (QED) is 0.576. The Morgan fingerprint density at radius 2 is 1.59 bits per heavy atom. The van der Waals surface area contributed by atoms with Gasteiger partial charge in [-0.1, -0.05) is 50.6 Å². The van der Waals surface area contributed by atoms with Crippen molar-refractivity contribution in [2.24, 2.45) is 0 Å². The Kier molecular flexibility index (Phi) is 5.78. The lowest BCUT2D eigenvalue weighted by Gasteiger charge is -2.26. The van der Waals surface area contributed by atoms with Gasteiger partial charge in [-0.25, -0.2) is 8.42 Å². The topological polar surface area (TPSA) is 76.1 Å². The number of nitrogens with zero attached hydrogens (tertiary/aromatic N) is 1. The van der Waals surface area contributed by atoms with E-state index in [2.05, 4.69) is 9.71 Å². The molecule has 0 saturated heterocycles. The number of anilines is 1. The highest BCUT2D eigenvalue weighted by Crippen LogP contribution is 2.38. The van der Waals surface area contributed by atoms with E-state index in [9.17, 15) is 13.2 Å². The first-order valence-electron chi connectivity index (χ1n) is 8.97. The maximum absolute atomic E-state index is 13.4. The summed E-state index contributed by atoms with van der Waals surface area (Å²) in [6.07, 6.45) is 3.03. The van der Waals surface area contributed by atoms with Gasteiger partial charge < -0.3 is 0 Å². The normalized spacial score (nSPS) is 11.9. The second kappa shape index (κ2) is 7.97. The zero-order valence-electron chi connectivity index (χ0n) is 16.3. The molecule has 3 rings (SSSR count). The monoisotopic (exact) mass is 428 g/mol. The van der Waals surface area contributed by atoms with Crippen LogP contribution >= 0.6 is 11.6 Å². The van der Waals surface area contributed by atoms with Crippen LogP contribution < -0.4 is 4.72 Å². The Morgan fingerprint density at radius 3 is 2.17 bits per heavy atom. The minimum Gasteiger partial charge on any atom is -0.289 e. The van der Waals surface area contributed by atoms with Gasteiger partial charge in [0.05, 0.1) is 16.1 Å². The van der Waals surface area contributed by atoms with E-state index in [4.69, 9.17) is 11.6 Å². The number of rotatable bonds is 5. The minimum absolute atomic E-state index is 0.106. The van der Waals surface area contributed by atoms with Crippen LogP contribution in [0.5, 0.6) is 0 Å². The molecule has 2 aromatic carbocycles. The fraction of sp³-hybridized carbons (Fsp3) is 0.182. The first kappa shape index (κ1) is 21.0. The second-order valence-corrected chi connectivity index (χ2v) is 9.67. The van der Waals surface area contributed by atoms with Gasteiger partial charge >= 0.3 is 0 Å². The lowest BCUT2D eigenvalue weighted by atomic mass is 9.81. The van der Waals surface area contributed by atoms with Crippen molar-refractivity contribution in [3.05, 3.63) is 88.7 Å². The standard InChI is InChI=1S/C22H21ClN2O3S/c1-22(2,3)20-17(23)9-10-18(19(20)21(26)15-11-13-24-14-12-15)25-29(27,28)16-7-5-4-6-8-16/h4-14,25H,1-3H3. The van der Waals surface area contributed by atoms with Crippen LogP contribution in [0.3, 0.4) is 0 Å². The van der Waals surface area contributed by atoms with E-state index < -0.39 is 15.4 Å². The number of pyridine rings is 1. The molecule has 1 N–H and O–H groups in total. The third kappa shape index (κ3) is 4.49. The molecule has 1 heterocycles. The molecule has 5 nitrogen and oxygen atoms in total. The van der Waals surface area contributed by atoms with Gasteiger partial charge in [0.15, 0.2) is 5.78 Å². The van der Waals surface area contributed by atoms with Crippen molar-refractivity contribution in [1.82, 2.24) is 4.98 Å². The van der Waals surface area contributed by atoms with Gasteiger partial charge in [-0.2, -0.15) is 0 Å². The Balaban J connectivity index is 2.21. The summed E-state index contributed by atoms with van der Waals surface area (Å²) < 4.78 is 28.4. The predicted molar refractivity (Wildman–Crippen MR) is 115 cm³/mol. The average molecular weight is 429 g/mol. The molecular formula is C22H21ClN2O3S. The number of carbonyl (C=O) groups is 1. The second-order valence-electron chi connectivity index (χ2n) is 7.58. The molecular weight excluding hydrogens is 408 g/mol. The number of nitrogens with one attached hydrogen (secondary N) is 1. The van der Waals surface area contributed by atoms with E-state index in [1.54, 1.807) is 36.4 Å². The maximum Gasteiger partial charge on any atom is 0.261 e. The number of benzene rings is 2. The third-order valence-corrected chi connectivity index (χ3v) is 6.07. The third-order valence-electron chi connectivity index (χ3n) is 4.37. The molecule has 0 fully saturated rings. The summed E-state index contributed by atoms with van der Waals surface area (Å²) in [6.45, 7) is 5.77.